The lowest BCUT2D eigenvalue weighted by atomic mass is 10.0. The summed E-state index contributed by atoms with van der Waals surface area (Å²) in [6.07, 6.45) is 0. The minimum absolute atomic E-state index is 0.403. The molecular formula is C21H14Cl2N2O. The van der Waals surface area contributed by atoms with Crippen LogP contribution in [0.25, 0.3) is 22.0 Å². The van der Waals surface area contributed by atoms with Crippen molar-refractivity contribution in [2.75, 3.05) is 0 Å². The van der Waals surface area contributed by atoms with Crippen molar-refractivity contribution < 1.29 is 4.74 Å². The molecule has 4 rings (SSSR count). The molecule has 128 valence electrons. The molecule has 5 heteroatoms. The van der Waals surface area contributed by atoms with Gasteiger partial charge in [0.15, 0.2) is 0 Å². The van der Waals surface area contributed by atoms with Crippen molar-refractivity contribution >= 4 is 34.0 Å². The maximum Gasteiger partial charge on any atom is 0.246 e. The SMILES string of the molecule is Cc1ccc(-c2nnc(Oc3ccc(Cl)cc3Cl)c3ccccc23)cc1. The van der Waals surface area contributed by atoms with Gasteiger partial charge in [-0.25, -0.2) is 0 Å². The second-order valence-electron chi connectivity index (χ2n) is 5.94. The van der Waals surface area contributed by atoms with Gasteiger partial charge in [0.05, 0.1) is 5.02 Å². The van der Waals surface area contributed by atoms with Crippen LogP contribution in [-0.4, -0.2) is 10.2 Å². The van der Waals surface area contributed by atoms with Crippen molar-refractivity contribution in [3.63, 3.8) is 0 Å². The van der Waals surface area contributed by atoms with Crippen LogP contribution >= 0.6 is 23.2 Å². The average molecular weight is 381 g/mol. The van der Waals surface area contributed by atoms with E-state index in [-0.39, 0.29) is 0 Å². The molecule has 1 heterocycles. The summed E-state index contributed by atoms with van der Waals surface area (Å²) in [5.74, 6) is 0.888. The number of rotatable bonds is 3. The Morgan fingerprint density at radius 1 is 0.808 bits per heavy atom. The molecule has 0 aliphatic heterocycles. The number of aromatic nitrogens is 2. The highest BCUT2D eigenvalue weighted by molar-refractivity contribution is 6.35. The highest BCUT2D eigenvalue weighted by Crippen LogP contribution is 2.36. The third kappa shape index (κ3) is 3.24. The smallest absolute Gasteiger partial charge is 0.246 e. The molecule has 0 amide bonds. The largest absolute Gasteiger partial charge is 0.435 e. The molecule has 0 aliphatic carbocycles. The predicted octanol–water partition coefficient (Wildman–Crippen LogP) is 6.70. The molecular weight excluding hydrogens is 367 g/mol. The number of aryl methyl sites for hydroxylation is 1. The molecule has 0 fully saturated rings. The van der Waals surface area contributed by atoms with Gasteiger partial charge in [0.2, 0.25) is 5.88 Å². The highest BCUT2D eigenvalue weighted by atomic mass is 35.5. The Labute approximate surface area is 161 Å². The lowest BCUT2D eigenvalue weighted by Crippen LogP contribution is -1.96. The first-order valence-corrected chi connectivity index (χ1v) is 8.83. The molecule has 0 aliphatic rings. The lowest BCUT2D eigenvalue weighted by molar-refractivity contribution is 0.462. The number of nitrogens with zero attached hydrogens (tertiary/aromatic N) is 2. The Bertz CT molecular complexity index is 1090. The molecule has 3 aromatic carbocycles. The van der Waals surface area contributed by atoms with Crippen LogP contribution in [0.15, 0.2) is 66.7 Å². The Morgan fingerprint density at radius 2 is 1.54 bits per heavy atom. The topological polar surface area (TPSA) is 35.0 Å². The molecule has 0 N–H and O–H groups in total. The van der Waals surface area contributed by atoms with Gasteiger partial charge >= 0.3 is 0 Å². The summed E-state index contributed by atoms with van der Waals surface area (Å²) in [5.41, 5.74) is 3.02. The molecule has 0 radical (unpaired) electrons. The zero-order valence-electron chi connectivity index (χ0n) is 13.9. The van der Waals surface area contributed by atoms with Crippen molar-refractivity contribution in [2.45, 2.75) is 6.92 Å². The van der Waals surface area contributed by atoms with Crippen LogP contribution in [0.2, 0.25) is 10.0 Å². The quantitative estimate of drug-likeness (QED) is 0.396. The number of benzene rings is 3. The summed E-state index contributed by atoms with van der Waals surface area (Å²) in [5, 5.41) is 11.5. The van der Waals surface area contributed by atoms with E-state index in [2.05, 4.69) is 29.3 Å². The van der Waals surface area contributed by atoms with Crippen molar-refractivity contribution in [1.29, 1.82) is 0 Å². The van der Waals surface area contributed by atoms with Gasteiger partial charge in [-0.2, -0.15) is 0 Å². The fourth-order valence-corrected chi connectivity index (χ4v) is 3.19. The maximum atomic E-state index is 6.21. The molecule has 3 nitrogen and oxygen atoms in total. The minimum Gasteiger partial charge on any atom is -0.435 e. The first-order chi connectivity index (χ1) is 12.6. The van der Waals surface area contributed by atoms with E-state index >= 15 is 0 Å². The number of ether oxygens (including phenoxy) is 1. The minimum atomic E-state index is 0.403. The molecule has 1 aromatic heterocycles. The van der Waals surface area contributed by atoms with Crippen LogP contribution in [0.1, 0.15) is 5.56 Å². The monoisotopic (exact) mass is 380 g/mol. The summed E-state index contributed by atoms with van der Waals surface area (Å²) < 4.78 is 5.92. The van der Waals surface area contributed by atoms with Crippen LogP contribution in [-0.2, 0) is 0 Å². The third-order valence-electron chi connectivity index (χ3n) is 4.08. The van der Waals surface area contributed by atoms with Gasteiger partial charge < -0.3 is 4.74 Å². The number of fused-ring (bicyclic) bond motifs is 1. The predicted molar refractivity (Wildman–Crippen MR) is 106 cm³/mol. The van der Waals surface area contributed by atoms with Gasteiger partial charge in [-0.15, -0.1) is 10.2 Å². The zero-order valence-corrected chi connectivity index (χ0v) is 15.4. The summed E-state index contributed by atoms with van der Waals surface area (Å²) in [4.78, 5) is 0. The molecule has 4 aromatic rings. The van der Waals surface area contributed by atoms with E-state index in [4.69, 9.17) is 27.9 Å². The van der Waals surface area contributed by atoms with Gasteiger partial charge in [-0.1, -0.05) is 71.2 Å². The third-order valence-corrected chi connectivity index (χ3v) is 4.61. The standard InChI is InChI=1S/C21H14Cl2N2O/c1-13-6-8-14(9-7-13)20-16-4-2-3-5-17(16)21(25-24-20)26-19-11-10-15(22)12-18(19)23/h2-12H,1H3. The van der Waals surface area contributed by atoms with Gasteiger partial charge in [-0.05, 0) is 31.2 Å². The molecule has 0 bridgehead atoms. The van der Waals surface area contributed by atoms with E-state index in [1.54, 1.807) is 18.2 Å². The average Bonchev–Trinajstić information content (AvgIpc) is 2.65. The van der Waals surface area contributed by atoms with Crippen LogP contribution in [0, 0.1) is 6.92 Å². The van der Waals surface area contributed by atoms with Gasteiger partial charge in [0.1, 0.15) is 11.4 Å². The van der Waals surface area contributed by atoms with E-state index in [1.165, 1.54) is 5.56 Å². The van der Waals surface area contributed by atoms with Gasteiger partial charge in [0.25, 0.3) is 0 Å². The fraction of sp³-hybridized carbons (Fsp3) is 0.0476. The van der Waals surface area contributed by atoms with Crippen LogP contribution in [0.3, 0.4) is 0 Å². The van der Waals surface area contributed by atoms with Gasteiger partial charge in [-0.3, -0.25) is 0 Å². The molecule has 0 unspecified atom stereocenters. The van der Waals surface area contributed by atoms with Crippen LogP contribution in [0.5, 0.6) is 11.6 Å². The van der Waals surface area contributed by atoms with Gasteiger partial charge in [0, 0.05) is 21.4 Å². The Morgan fingerprint density at radius 3 is 2.27 bits per heavy atom. The molecule has 0 saturated carbocycles. The molecule has 0 saturated heterocycles. The Hall–Kier alpha value is -2.62. The zero-order chi connectivity index (χ0) is 18.1. The van der Waals surface area contributed by atoms with E-state index < -0.39 is 0 Å². The number of halogens is 2. The highest BCUT2D eigenvalue weighted by Gasteiger charge is 2.13. The summed E-state index contributed by atoms with van der Waals surface area (Å²) in [6, 6.07) is 21.2. The summed E-state index contributed by atoms with van der Waals surface area (Å²) in [7, 11) is 0. The molecule has 0 spiro atoms. The van der Waals surface area contributed by atoms with Crippen LogP contribution in [0.4, 0.5) is 0 Å². The lowest BCUT2D eigenvalue weighted by Gasteiger charge is -2.11. The number of hydrogen-bond donors (Lipinski definition) is 0. The summed E-state index contributed by atoms with van der Waals surface area (Å²) in [6.45, 7) is 2.06. The van der Waals surface area contributed by atoms with E-state index in [0.717, 1.165) is 22.0 Å². The maximum absolute atomic E-state index is 6.21. The fourth-order valence-electron chi connectivity index (χ4n) is 2.74. The first kappa shape index (κ1) is 16.8. The van der Waals surface area contributed by atoms with Crippen molar-refractivity contribution in [3.05, 3.63) is 82.3 Å². The second kappa shape index (κ2) is 6.94. The van der Waals surface area contributed by atoms with E-state index in [0.29, 0.717) is 21.7 Å². The van der Waals surface area contributed by atoms with Crippen molar-refractivity contribution in [2.24, 2.45) is 0 Å². The second-order valence-corrected chi connectivity index (χ2v) is 6.79. The van der Waals surface area contributed by atoms with Crippen LogP contribution < -0.4 is 4.74 Å². The molecule has 26 heavy (non-hydrogen) atoms. The first-order valence-electron chi connectivity index (χ1n) is 8.07. The Kier molecular flexibility index (Phi) is 4.49. The molecule has 0 atom stereocenters. The van der Waals surface area contributed by atoms with E-state index in [9.17, 15) is 0 Å². The van der Waals surface area contributed by atoms with Crippen molar-refractivity contribution in [3.8, 4) is 22.9 Å². The normalized spacial score (nSPS) is 10.9. The van der Waals surface area contributed by atoms with E-state index in [1.807, 2.05) is 36.4 Å². The number of hydrogen-bond acceptors (Lipinski definition) is 3. The Balaban J connectivity index is 1.83. The summed E-state index contributed by atoms with van der Waals surface area (Å²) >= 11 is 12.2. The van der Waals surface area contributed by atoms with Crippen molar-refractivity contribution in [1.82, 2.24) is 10.2 Å².